The lowest BCUT2D eigenvalue weighted by molar-refractivity contribution is 0.553. The van der Waals surface area contributed by atoms with Crippen molar-refractivity contribution in [1.29, 1.82) is 0 Å². The van der Waals surface area contributed by atoms with Gasteiger partial charge in [0, 0.05) is 23.3 Å². The summed E-state index contributed by atoms with van der Waals surface area (Å²) in [6.07, 6.45) is 3.70. The summed E-state index contributed by atoms with van der Waals surface area (Å²) in [6.45, 7) is 6.73. The van der Waals surface area contributed by atoms with E-state index in [1.54, 1.807) is 0 Å². The Morgan fingerprint density at radius 3 is 2.75 bits per heavy atom. The quantitative estimate of drug-likeness (QED) is 0.886. The molecule has 0 radical (unpaired) electrons. The molecule has 1 heterocycles. The van der Waals surface area contributed by atoms with Gasteiger partial charge < -0.3 is 15.6 Å². The van der Waals surface area contributed by atoms with Crippen LogP contribution in [0.3, 0.4) is 0 Å². The summed E-state index contributed by atoms with van der Waals surface area (Å²) in [5.74, 6) is 0. The lowest BCUT2D eigenvalue weighted by Crippen LogP contribution is -2.23. The van der Waals surface area contributed by atoms with Crippen molar-refractivity contribution in [2.24, 2.45) is 5.73 Å². The number of benzene rings is 1. The summed E-state index contributed by atoms with van der Waals surface area (Å²) in [4.78, 5) is 4.23. The van der Waals surface area contributed by atoms with E-state index in [0.717, 1.165) is 22.0 Å². The summed E-state index contributed by atoms with van der Waals surface area (Å²) < 4.78 is 2.13. The Balaban J connectivity index is 2.24. The molecule has 0 aliphatic heterocycles. The van der Waals surface area contributed by atoms with Crippen molar-refractivity contribution in [3.05, 3.63) is 47.0 Å². The second-order valence-corrected chi connectivity index (χ2v) is 5.62. The summed E-state index contributed by atoms with van der Waals surface area (Å²) in [6, 6.07) is 6.30. The van der Waals surface area contributed by atoms with Crippen LogP contribution in [-0.2, 0) is 0 Å². The molecule has 0 aliphatic carbocycles. The van der Waals surface area contributed by atoms with E-state index in [9.17, 15) is 0 Å². The maximum absolute atomic E-state index is 6.16. The van der Waals surface area contributed by atoms with Crippen LogP contribution in [-0.4, -0.2) is 16.1 Å². The van der Waals surface area contributed by atoms with Crippen LogP contribution in [0, 0.1) is 6.92 Å². The molecular formula is C15H21ClN4. The van der Waals surface area contributed by atoms with Crippen molar-refractivity contribution < 1.29 is 0 Å². The highest BCUT2D eigenvalue weighted by Crippen LogP contribution is 2.25. The molecule has 0 amide bonds. The number of nitrogens with two attached hydrogens (primary N) is 1. The van der Waals surface area contributed by atoms with Crippen molar-refractivity contribution in [3.63, 3.8) is 0 Å². The number of rotatable bonds is 5. The Kier molecular flexibility index (Phi) is 4.68. The number of nitrogens with one attached hydrogen (secondary N) is 1. The third-order valence-electron chi connectivity index (χ3n) is 3.36. The first kappa shape index (κ1) is 14.9. The predicted octanol–water partition coefficient (Wildman–Crippen LogP) is 3.54. The zero-order valence-electron chi connectivity index (χ0n) is 12.1. The number of nitrogens with zero attached hydrogens (tertiary/aromatic N) is 2. The molecule has 2 rings (SSSR count). The van der Waals surface area contributed by atoms with Gasteiger partial charge in [-0.2, -0.15) is 0 Å². The highest BCUT2D eigenvalue weighted by molar-refractivity contribution is 6.31. The molecule has 1 atom stereocenters. The summed E-state index contributed by atoms with van der Waals surface area (Å²) >= 11 is 6.16. The molecule has 0 spiro atoms. The van der Waals surface area contributed by atoms with E-state index in [-0.39, 0.29) is 6.04 Å². The number of hydrogen-bond acceptors (Lipinski definition) is 3. The van der Waals surface area contributed by atoms with Gasteiger partial charge in [0.25, 0.3) is 0 Å². The minimum absolute atomic E-state index is 0.0127. The van der Waals surface area contributed by atoms with Crippen LogP contribution in [0.4, 0.5) is 5.69 Å². The van der Waals surface area contributed by atoms with E-state index in [0.29, 0.717) is 12.6 Å². The normalized spacial score (nSPS) is 12.7. The average Bonchev–Trinajstić information content (AvgIpc) is 2.89. The zero-order chi connectivity index (χ0) is 14.7. The first-order valence-electron chi connectivity index (χ1n) is 6.77. The molecule has 1 aromatic heterocycles. The van der Waals surface area contributed by atoms with E-state index in [1.165, 1.54) is 0 Å². The fourth-order valence-corrected chi connectivity index (χ4v) is 2.33. The number of hydrogen-bond donors (Lipinski definition) is 2. The van der Waals surface area contributed by atoms with Gasteiger partial charge >= 0.3 is 0 Å². The van der Waals surface area contributed by atoms with Gasteiger partial charge in [-0.15, -0.1) is 0 Å². The lowest BCUT2D eigenvalue weighted by Gasteiger charge is -2.22. The maximum atomic E-state index is 6.16. The lowest BCUT2D eigenvalue weighted by atomic mass is 10.1. The molecule has 20 heavy (non-hydrogen) atoms. The number of imidazole rings is 1. The van der Waals surface area contributed by atoms with Gasteiger partial charge in [0.05, 0.1) is 24.3 Å². The predicted molar refractivity (Wildman–Crippen MR) is 84.2 cm³/mol. The number of anilines is 1. The van der Waals surface area contributed by atoms with Crippen LogP contribution in [0.5, 0.6) is 0 Å². The van der Waals surface area contributed by atoms with Crippen molar-refractivity contribution in [3.8, 4) is 0 Å². The first-order chi connectivity index (χ1) is 9.52. The first-order valence-corrected chi connectivity index (χ1v) is 7.15. The minimum Gasteiger partial charge on any atom is -0.375 e. The number of halogens is 1. The minimum atomic E-state index is 0.0127. The second kappa shape index (κ2) is 6.29. The Morgan fingerprint density at radius 2 is 2.15 bits per heavy atom. The molecular weight excluding hydrogens is 272 g/mol. The molecule has 3 N–H and O–H groups in total. The Hall–Kier alpha value is -1.52. The molecule has 0 bridgehead atoms. The SMILES string of the molecule is Cc1ccc(NC(CN)c2cncn2C(C)C)cc1Cl. The van der Waals surface area contributed by atoms with Crippen molar-refractivity contribution in [2.75, 3.05) is 11.9 Å². The highest BCUT2D eigenvalue weighted by atomic mass is 35.5. The highest BCUT2D eigenvalue weighted by Gasteiger charge is 2.16. The van der Waals surface area contributed by atoms with Crippen LogP contribution < -0.4 is 11.1 Å². The molecule has 1 aromatic carbocycles. The fourth-order valence-electron chi connectivity index (χ4n) is 2.15. The molecule has 2 aromatic rings. The molecule has 0 saturated heterocycles. The fraction of sp³-hybridized carbons (Fsp3) is 0.400. The van der Waals surface area contributed by atoms with Gasteiger partial charge in [-0.25, -0.2) is 4.98 Å². The number of aryl methyl sites for hydroxylation is 1. The van der Waals surface area contributed by atoms with Gasteiger partial charge in [-0.05, 0) is 38.5 Å². The van der Waals surface area contributed by atoms with Gasteiger partial charge in [0.15, 0.2) is 0 Å². The van der Waals surface area contributed by atoms with Crippen LogP contribution in [0.1, 0.15) is 37.2 Å². The van der Waals surface area contributed by atoms with Crippen LogP contribution in [0.15, 0.2) is 30.7 Å². The van der Waals surface area contributed by atoms with Crippen molar-refractivity contribution in [2.45, 2.75) is 32.9 Å². The molecule has 0 aliphatic rings. The standard InChI is InChI=1S/C15H21ClN4/c1-10(2)20-9-18-8-15(20)14(7-17)19-12-5-4-11(3)13(16)6-12/h4-6,8-10,14,19H,7,17H2,1-3H3. The molecule has 0 saturated carbocycles. The van der Waals surface area contributed by atoms with Crippen LogP contribution >= 0.6 is 11.6 Å². The Bertz CT molecular complexity index is 577. The summed E-state index contributed by atoms with van der Waals surface area (Å²) in [5.41, 5.74) is 9.02. The van der Waals surface area contributed by atoms with Crippen molar-refractivity contribution >= 4 is 17.3 Å². The smallest absolute Gasteiger partial charge is 0.0951 e. The van der Waals surface area contributed by atoms with E-state index < -0.39 is 0 Å². The van der Waals surface area contributed by atoms with Crippen molar-refractivity contribution in [1.82, 2.24) is 9.55 Å². The number of aromatic nitrogens is 2. The maximum Gasteiger partial charge on any atom is 0.0951 e. The third kappa shape index (κ3) is 3.14. The van der Waals surface area contributed by atoms with E-state index >= 15 is 0 Å². The second-order valence-electron chi connectivity index (χ2n) is 5.22. The monoisotopic (exact) mass is 292 g/mol. The van der Waals surface area contributed by atoms with Gasteiger partial charge in [-0.3, -0.25) is 0 Å². The molecule has 0 fully saturated rings. The third-order valence-corrected chi connectivity index (χ3v) is 3.77. The molecule has 4 nitrogen and oxygen atoms in total. The van der Waals surface area contributed by atoms with Gasteiger partial charge in [0.1, 0.15) is 0 Å². The van der Waals surface area contributed by atoms with E-state index in [4.69, 9.17) is 17.3 Å². The molecule has 1 unspecified atom stereocenters. The van der Waals surface area contributed by atoms with E-state index in [2.05, 4.69) is 28.7 Å². The van der Waals surface area contributed by atoms with Gasteiger partial charge in [-0.1, -0.05) is 17.7 Å². The topological polar surface area (TPSA) is 55.9 Å². The summed E-state index contributed by atoms with van der Waals surface area (Å²) in [5, 5.41) is 4.18. The van der Waals surface area contributed by atoms with Crippen LogP contribution in [0.25, 0.3) is 0 Å². The van der Waals surface area contributed by atoms with E-state index in [1.807, 2.05) is 37.6 Å². The summed E-state index contributed by atoms with van der Waals surface area (Å²) in [7, 11) is 0. The molecule has 5 heteroatoms. The largest absolute Gasteiger partial charge is 0.375 e. The molecule has 108 valence electrons. The van der Waals surface area contributed by atoms with Gasteiger partial charge in [0.2, 0.25) is 0 Å². The van der Waals surface area contributed by atoms with Crippen LogP contribution in [0.2, 0.25) is 5.02 Å². The Labute approximate surface area is 125 Å². The Morgan fingerprint density at radius 1 is 1.40 bits per heavy atom. The average molecular weight is 293 g/mol. The zero-order valence-corrected chi connectivity index (χ0v) is 12.9.